The van der Waals surface area contributed by atoms with Crippen LogP contribution in [0, 0.1) is 0 Å². The van der Waals surface area contributed by atoms with Gasteiger partial charge in [-0.25, -0.2) is 0 Å². The maximum Gasteiger partial charge on any atom is 0.270 e. The van der Waals surface area contributed by atoms with Gasteiger partial charge in [0.15, 0.2) is 0 Å². The van der Waals surface area contributed by atoms with Gasteiger partial charge in [0.2, 0.25) is 0 Å². The van der Waals surface area contributed by atoms with Crippen molar-refractivity contribution in [3.63, 3.8) is 0 Å². The Morgan fingerprint density at radius 3 is 2.45 bits per heavy atom. The van der Waals surface area contributed by atoms with Crippen LogP contribution in [0.4, 0.5) is 0 Å². The summed E-state index contributed by atoms with van der Waals surface area (Å²) in [7, 11) is 1.69. The van der Waals surface area contributed by atoms with Gasteiger partial charge >= 0.3 is 0 Å². The van der Waals surface area contributed by atoms with Crippen molar-refractivity contribution < 1.29 is 9.53 Å². The SMILES string of the molecule is COc1ccccc1Cn1c(C(=O)N2CCN(Cc3ccccc3)CC2)cc2sc(Br)cc21. The molecule has 0 unspecified atom stereocenters. The minimum Gasteiger partial charge on any atom is -0.496 e. The fourth-order valence-electron chi connectivity index (χ4n) is 4.48. The average Bonchev–Trinajstić information content (AvgIpc) is 3.37. The Hall–Kier alpha value is -2.61. The van der Waals surface area contributed by atoms with Gasteiger partial charge in [-0.15, -0.1) is 11.3 Å². The number of nitrogens with zero attached hydrogens (tertiary/aromatic N) is 3. The maximum atomic E-state index is 13.6. The lowest BCUT2D eigenvalue weighted by atomic mass is 10.2. The van der Waals surface area contributed by atoms with E-state index in [2.05, 4.69) is 61.8 Å². The number of aromatic nitrogens is 1. The summed E-state index contributed by atoms with van der Waals surface area (Å²) >= 11 is 5.26. The molecular weight excluding hydrogens is 498 g/mol. The molecule has 4 aromatic rings. The van der Waals surface area contributed by atoms with Crippen LogP contribution < -0.4 is 4.74 Å². The van der Waals surface area contributed by atoms with Crippen LogP contribution in [0.5, 0.6) is 5.75 Å². The van der Waals surface area contributed by atoms with Gasteiger partial charge in [0.25, 0.3) is 5.91 Å². The molecule has 5 nitrogen and oxygen atoms in total. The molecule has 0 saturated carbocycles. The summed E-state index contributed by atoms with van der Waals surface area (Å²) in [6.07, 6.45) is 0. The topological polar surface area (TPSA) is 37.7 Å². The molecule has 1 saturated heterocycles. The zero-order valence-electron chi connectivity index (χ0n) is 18.5. The molecule has 2 aromatic carbocycles. The molecule has 170 valence electrons. The highest BCUT2D eigenvalue weighted by molar-refractivity contribution is 9.11. The molecule has 1 aliphatic rings. The summed E-state index contributed by atoms with van der Waals surface area (Å²) in [4.78, 5) is 18.0. The van der Waals surface area contributed by atoms with Crippen molar-refractivity contribution in [1.29, 1.82) is 0 Å². The smallest absolute Gasteiger partial charge is 0.270 e. The first kappa shape index (κ1) is 22.2. The molecule has 0 radical (unpaired) electrons. The number of hydrogen-bond acceptors (Lipinski definition) is 4. The predicted octanol–water partition coefficient (Wildman–Crippen LogP) is 5.48. The number of thiophene rings is 1. The van der Waals surface area contributed by atoms with Crippen molar-refractivity contribution in [2.24, 2.45) is 0 Å². The van der Waals surface area contributed by atoms with Gasteiger partial charge in [-0.3, -0.25) is 9.69 Å². The minimum absolute atomic E-state index is 0.101. The monoisotopic (exact) mass is 523 g/mol. The zero-order valence-corrected chi connectivity index (χ0v) is 20.9. The van der Waals surface area contributed by atoms with E-state index in [1.165, 1.54) is 5.56 Å². The minimum atomic E-state index is 0.101. The summed E-state index contributed by atoms with van der Waals surface area (Å²) in [6.45, 7) is 4.76. The fraction of sp³-hybridized carbons (Fsp3) is 0.269. The standard InChI is InChI=1S/C26H26BrN3O2S/c1-32-23-10-6-5-9-20(23)18-30-21-16-25(27)33-24(21)15-22(30)26(31)29-13-11-28(12-14-29)17-19-7-3-2-4-8-19/h2-10,15-16H,11-14,17-18H2,1H3. The number of rotatable bonds is 6. The van der Waals surface area contributed by atoms with E-state index < -0.39 is 0 Å². The van der Waals surface area contributed by atoms with Crippen molar-refractivity contribution in [1.82, 2.24) is 14.4 Å². The molecule has 1 amide bonds. The molecule has 7 heteroatoms. The largest absolute Gasteiger partial charge is 0.496 e. The summed E-state index contributed by atoms with van der Waals surface area (Å²) < 4.78 is 9.88. The van der Waals surface area contributed by atoms with Gasteiger partial charge in [-0.1, -0.05) is 48.5 Å². The van der Waals surface area contributed by atoms with Crippen molar-refractivity contribution in [3.8, 4) is 5.75 Å². The van der Waals surface area contributed by atoms with E-state index in [0.29, 0.717) is 6.54 Å². The van der Waals surface area contributed by atoms with Crippen LogP contribution in [-0.4, -0.2) is 53.6 Å². The molecule has 0 spiro atoms. The number of hydrogen-bond donors (Lipinski definition) is 0. The van der Waals surface area contributed by atoms with Crippen LogP contribution in [0.1, 0.15) is 21.6 Å². The molecule has 1 aliphatic heterocycles. The molecule has 0 aliphatic carbocycles. The van der Waals surface area contributed by atoms with Crippen molar-refractivity contribution in [3.05, 3.63) is 87.3 Å². The molecule has 1 fully saturated rings. The van der Waals surface area contributed by atoms with E-state index in [1.54, 1.807) is 18.4 Å². The van der Waals surface area contributed by atoms with E-state index in [4.69, 9.17) is 4.74 Å². The number of para-hydroxylation sites is 1. The van der Waals surface area contributed by atoms with Gasteiger partial charge in [0.05, 0.1) is 27.7 Å². The van der Waals surface area contributed by atoms with Gasteiger partial charge in [0, 0.05) is 38.3 Å². The van der Waals surface area contributed by atoms with Gasteiger partial charge in [-0.2, -0.15) is 0 Å². The molecule has 3 heterocycles. The highest BCUT2D eigenvalue weighted by Gasteiger charge is 2.26. The maximum absolute atomic E-state index is 13.6. The van der Waals surface area contributed by atoms with E-state index >= 15 is 0 Å². The summed E-state index contributed by atoms with van der Waals surface area (Å²) in [5, 5.41) is 0. The van der Waals surface area contributed by atoms with E-state index in [-0.39, 0.29) is 5.91 Å². The lowest BCUT2D eigenvalue weighted by Crippen LogP contribution is -2.48. The first-order chi connectivity index (χ1) is 16.1. The molecule has 0 N–H and O–H groups in total. The number of piperazine rings is 1. The second-order valence-corrected chi connectivity index (χ2v) is 10.7. The highest BCUT2D eigenvalue weighted by Crippen LogP contribution is 2.34. The Morgan fingerprint density at radius 1 is 0.970 bits per heavy atom. The van der Waals surface area contributed by atoms with Crippen molar-refractivity contribution >= 4 is 43.4 Å². The predicted molar refractivity (Wildman–Crippen MR) is 137 cm³/mol. The molecule has 0 atom stereocenters. The van der Waals surface area contributed by atoms with E-state index in [1.807, 2.05) is 35.2 Å². The van der Waals surface area contributed by atoms with Crippen LogP contribution >= 0.6 is 27.3 Å². The molecular formula is C26H26BrN3O2S. The Bertz CT molecular complexity index is 1260. The number of benzene rings is 2. The normalized spacial score (nSPS) is 14.7. The molecule has 2 aromatic heterocycles. The lowest BCUT2D eigenvalue weighted by Gasteiger charge is -2.35. The average molecular weight is 524 g/mol. The van der Waals surface area contributed by atoms with Crippen LogP contribution in [0.2, 0.25) is 0 Å². The third-order valence-electron chi connectivity index (χ3n) is 6.21. The Labute approximate surface area is 206 Å². The first-order valence-corrected chi connectivity index (χ1v) is 12.7. The van der Waals surface area contributed by atoms with Gasteiger partial charge < -0.3 is 14.2 Å². The Balaban J connectivity index is 1.36. The fourth-order valence-corrected chi connectivity index (χ4v) is 6.04. The number of halogens is 1. The number of amides is 1. The van der Waals surface area contributed by atoms with Crippen LogP contribution in [-0.2, 0) is 13.1 Å². The third kappa shape index (κ3) is 4.71. The van der Waals surface area contributed by atoms with Crippen LogP contribution in [0.15, 0.2) is 70.5 Å². The molecule has 0 bridgehead atoms. The number of ether oxygens (including phenoxy) is 1. The zero-order chi connectivity index (χ0) is 22.8. The summed E-state index contributed by atoms with van der Waals surface area (Å²) in [5.41, 5.74) is 4.19. The number of fused-ring (bicyclic) bond motifs is 1. The first-order valence-electron chi connectivity index (χ1n) is 11.1. The number of carbonyl (C=O) groups is 1. The molecule has 5 rings (SSSR count). The second-order valence-electron chi connectivity index (χ2n) is 8.28. The highest BCUT2D eigenvalue weighted by atomic mass is 79.9. The second kappa shape index (κ2) is 9.71. The van der Waals surface area contributed by atoms with Crippen molar-refractivity contribution in [2.75, 3.05) is 33.3 Å². The summed E-state index contributed by atoms with van der Waals surface area (Å²) in [6, 6.07) is 22.7. The van der Waals surface area contributed by atoms with Crippen LogP contribution in [0.3, 0.4) is 0 Å². The number of methoxy groups -OCH3 is 1. The van der Waals surface area contributed by atoms with E-state index in [9.17, 15) is 4.79 Å². The Kier molecular flexibility index (Phi) is 6.53. The number of carbonyl (C=O) groups excluding carboxylic acids is 1. The lowest BCUT2D eigenvalue weighted by molar-refractivity contribution is 0.0619. The Morgan fingerprint density at radius 2 is 1.70 bits per heavy atom. The van der Waals surface area contributed by atoms with Gasteiger partial charge in [0.1, 0.15) is 11.4 Å². The summed E-state index contributed by atoms with van der Waals surface area (Å²) in [5.74, 6) is 0.936. The van der Waals surface area contributed by atoms with E-state index in [0.717, 1.165) is 63.7 Å². The van der Waals surface area contributed by atoms with Gasteiger partial charge in [-0.05, 0) is 39.7 Å². The quantitative estimate of drug-likeness (QED) is 0.335. The third-order valence-corrected chi connectivity index (χ3v) is 7.78. The van der Waals surface area contributed by atoms with Crippen molar-refractivity contribution in [2.45, 2.75) is 13.1 Å². The molecule has 33 heavy (non-hydrogen) atoms. The van der Waals surface area contributed by atoms with Crippen LogP contribution in [0.25, 0.3) is 10.2 Å².